The predicted octanol–water partition coefficient (Wildman–Crippen LogP) is 2.39. The average Bonchev–Trinajstić information content (AvgIpc) is 1.53. The van der Waals surface area contributed by atoms with Crippen LogP contribution in [0.15, 0.2) is 0 Å². The van der Waals surface area contributed by atoms with E-state index in [1.807, 2.05) is 0 Å². The van der Waals surface area contributed by atoms with Crippen LogP contribution in [-0.2, 0) is 5.11 Å². The molecular weight excluding hydrogens is 112 g/mol. The fourth-order valence-corrected chi connectivity index (χ4v) is 1.39. The summed E-state index contributed by atoms with van der Waals surface area (Å²) < 4.78 is 0. The first kappa shape index (κ1) is 7.07. The van der Waals surface area contributed by atoms with Crippen LogP contribution in [0.25, 0.3) is 0 Å². The summed E-state index contributed by atoms with van der Waals surface area (Å²) >= 11 is 0. The zero-order valence-corrected chi connectivity index (χ0v) is 6.31. The molecule has 1 heteroatoms. The van der Waals surface area contributed by atoms with Crippen LogP contribution in [0.5, 0.6) is 0 Å². The molecule has 1 aliphatic rings. The summed E-state index contributed by atoms with van der Waals surface area (Å²) in [4.78, 5) is 0. The molecular formula is C8H15O. The molecule has 0 atom stereocenters. The van der Waals surface area contributed by atoms with E-state index in [-0.39, 0.29) is 0 Å². The SMILES string of the molecule is CC(C)([O])CC1CCC1. The lowest BCUT2D eigenvalue weighted by Crippen LogP contribution is -2.25. The lowest BCUT2D eigenvalue weighted by atomic mass is 9.78. The van der Waals surface area contributed by atoms with E-state index >= 15 is 0 Å². The van der Waals surface area contributed by atoms with Gasteiger partial charge in [-0.3, -0.25) is 0 Å². The maximum atomic E-state index is 11.1. The Balaban J connectivity index is 2.16. The second kappa shape index (κ2) is 2.30. The summed E-state index contributed by atoms with van der Waals surface area (Å²) in [5, 5.41) is 11.1. The molecule has 0 saturated heterocycles. The molecule has 1 aliphatic carbocycles. The minimum Gasteiger partial charge on any atom is -0.230 e. The lowest BCUT2D eigenvalue weighted by Gasteiger charge is -2.29. The van der Waals surface area contributed by atoms with Crippen molar-refractivity contribution >= 4 is 0 Å². The maximum absolute atomic E-state index is 11.1. The van der Waals surface area contributed by atoms with Crippen LogP contribution >= 0.6 is 0 Å². The number of hydrogen-bond donors (Lipinski definition) is 0. The van der Waals surface area contributed by atoms with Gasteiger partial charge in [0.25, 0.3) is 0 Å². The Morgan fingerprint density at radius 3 is 2.11 bits per heavy atom. The first-order chi connectivity index (χ1) is 4.08. The standard InChI is InChI=1S/C8H15O/c1-8(2,9)6-7-4-3-5-7/h7H,3-6H2,1-2H3. The van der Waals surface area contributed by atoms with Gasteiger partial charge in [0, 0.05) is 0 Å². The van der Waals surface area contributed by atoms with Crippen LogP contribution in [0, 0.1) is 5.92 Å². The van der Waals surface area contributed by atoms with Crippen LogP contribution in [0.4, 0.5) is 0 Å². The predicted molar refractivity (Wildman–Crippen MR) is 36.7 cm³/mol. The summed E-state index contributed by atoms with van der Waals surface area (Å²) in [5.74, 6) is 0.762. The Morgan fingerprint density at radius 1 is 1.44 bits per heavy atom. The van der Waals surface area contributed by atoms with Crippen molar-refractivity contribution in [1.82, 2.24) is 0 Å². The van der Waals surface area contributed by atoms with E-state index < -0.39 is 5.60 Å². The highest BCUT2D eigenvalue weighted by atomic mass is 16.3. The number of hydrogen-bond acceptors (Lipinski definition) is 0. The summed E-state index contributed by atoms with van der Waals surface area (Å²) in [6.45, 7) is 3.57. The van der Waals surface area contributed by atoms with Crippen molar-refractivity contribution in [3.63, 3.8) is 0 Å². The molecule has 9 heavy (non-hydrogen) atoms. The summed E-state index contributed by atoms with van der Waals surface area (Å²) in [5.41, 5.74) is -0.676. The first-order valence-electron chi connectivity index (χ1n) is 3.78. The molecule has 1 nitrogen and oxygen atoms in total. The molecule has 0 aromatic rings. The molecule has 1 radical (unpaired) electrons. The van der Waals surface area contributed by atoms with E-state index in [0.717, 1.165) is 12.3 Å². The van der Waals surface area contributed by atoms with Gasteiger partial charge in [0.1, 0.15) is 0 Å². The minimum absolute atomic E-state index is 0.676. The average molecular weight is 127 g/mol. The van der Waals surface area contributed by atoms with Gasteiger partial charge < -0.3 is 0 Å². The fraction of sp³-hybridized carbons (Fsp3) is 1.00. The molecule has 1 rings (SSSR count). The quantitative estimate of drug-likeness (QED) is 0.542. The van der Waals surface area contributed by atoms with Gasteiger partial charge in [0.05, 0.1) is 5.60 Å². The summed E-state index contributed by atoms with van der Waals surface area (Å²) in [6.07, 6.45) is 4.82. The van der Waals surface area contributed by atoms with Gasteiger partial charge in [-0.25, -0.2) is 5.11 Å². The molecule has 0 spiro atoms. The van der Waals surface area contributed by atoms with Gasteiger partial charge in [0.15, 0.2) is 0 Å². The van der Waals surface area contributed by atoms with Gasteiger partial charge in [0.2, 0.25) is 0 Å². The molecule has 0 amide bonds. The van der Waals surface area contributed by atoms with E-state index in [4.69, 9.17) is 0 Å². The van der Waals surface area contributed by atoms with Gasteiger partial charge in [-0.15, -0.1) is 0 Å². The van der Waals surface area contributed by atoms with Gasteiger partial charge in [-0.05, 0) is 26.2 Å². The molecule has 0 heterocycles. The smallest absolute Gasteiger partial charge is 0.0983 e. The normalized spacial score (nSPS) is 21.7. The molecule has 0 bridgehead atoms. The van der Waals surface area contributed by atoms with Crippen molar-refractivity contribution in [1.29, 1.82) is 0 Å². The minimum atomic E-state index is -0.676. The molecule has 0 aromatic heterocycles. The molecule has 0 unspecified atom stereocenters. The van der Waals surface area contributed by atoms with Crippen molar-refractivity contribution in [2.75, 3.05) is 0 Å². The van der Waals surface area contributed by atoms with Crippen LogP contribution < -0.4 is 0 Å². The summed E-state index contributed by atoms with van der Waals surface area (Å²) in [7, 11) is 0. The lowest BCUT2D eigenvalue weighted by molar-refractivity contribution is -0.0257. The highest BCUT2D eigenvalue weighted by Crippen LogP contribution is 2.33. The highest BCUT2D eigenvalue weighted by molar-refractivity contribution is 4.77. The van der Waals surface area contributed by atoms with Gasteiger partial charge in [-0.2, -0.15) is 0 Å². The highest BCUT2D eigenvalue weighted by Gasteiger charge is 2.25. The molecule has 0 aromatic carbocycles. The fourth-order valence-electron chi connectivity index (χ4n) is 1.39. The van der Waals surface area contributed by atoms with E-state index in [1.165, 1.54) is 19.3 Å². The van der Waals surface area contributed by atoms with Crippen LogP contribution in [0.3, 0.4) is 0 Å². The Bertz CT molecular complexity index is 87.2. The van der Waals surface area contributed by atoms with Gasteiger partial charge in [-0.1, -0.05) is 19.3 Å². The van der Waals surface area contributed by atoms with Crippen LogP contribution in [-0.4, -0.2) is 5.60 Å². The zero-order chi connectivity index (χ0) is 6.91. The Morgan fingerprint density at radius 2 is 2.00 bits per heavy atom. The monoisotopic (exact) mass is 127 g/mol. The number of rotatable bonds is 2. The maximum Gasteiger partial charge on any atom is 0.0983 e. The zero-order valence-electron chi connectivity index (χ0n) is 6.31. The molecule has 0 N–H and O–H groups in total. The van der Waals surface area contributed by atoms with Crippen molar-refractivity contribution < 1.29 is 5.11 Å². The van der Waals surface area contributed by atoms with Crippen LogP contribution in [0.2, 0.25) is 0 Å². The third-order valence-corrected chi connectivity index (χ3v) is 2.01. The summed E-state index contributed by atoms with van der Waals surface area (Å²) in [6, 6.07) is 0. The van der Waals surface area contributed by atoms with E-state index in [1.54, 1.807) is 13.8 Å². The second-order valence-corrected chi connectivity index (χ2v) is 3.76. The van der Waals surface area contributed by atoms with Crippen molar-refractivity contribution in [3.05, 3.63) is 0 Å². The van der Waals surface area contributed by atoms with Crippen molar-refractivity contribution in [2.45, 2.75) is 45.1 Å². The topological polar surface area (TPSA) is 19.9 Å². The third kappa shape index (κ3) is 2.35. The molecule has 1 saturated carbocycles. The van der Waals surface area contributed by atoms with Crippen molar-refractivity contribution in [3.8, 4) is 0 Å². The molecule has 1 fully saturated rings. The van der Waals surface area contributed by atoms with E-state index in [9.17, 15) is 5.11 Å². The first-order valence-corrected chi connectivity index (χ1v) is 3.78. The van der Waals surface area contributed by atoms with E-state index in [0.29, 0.717) is 0 Å². The Labute approximate surface area is 57.1 Å². The Kier molecular flexibility index (Phi) is 1.80. The largest absolute Gasteiger partial charge is 0.230 e. The van der Waals surface area contributed by atoms with Crippen molar-refractivity contribution in [2.24, 2.45) is 5.92 Å². The third-order valence-electron chi connectivity index (χ3n) is 2.01. The van der Waals surface area contributed by atoms with E-state index in [2.05, 4.69) is 0 Å². The molecule has 0 aliphatic heterocycles. The second-order valence-electron chi connectivity index (χ2n) is 3.76. The Hall–Kier alpha value is -0.0400. The van der Waals surface area contributed by atoms with Gasteiger partial charge >= 0.3 is 0 Å². The van der Waals surface area contributed by atoms with Crippen LogP contribution in [0.1, 0.15) is 39.5 Å². The molecule has 53 valence electrons.